The third-order valence-corrected chi connectivity index (χ3v) is 8.86. The van der Waals surface area contributed by atoms with E-state index in [1.165, 1.54) is 23.0 Å². The maximum atomic E-state index is 14.0. The van der Waals surface area contributed by atoms with Crippen molar-refractivity contribution in [3.05, 3.63) is 94.0 Å². The third kappa shape index (κ3) is 5.79. The highest BCUT2D eigenvalue weighted by atomic mass is 19.4. The van der Waals surface area contributed by atoms with Gasteiger partial charge in [-0.15, -0.1) is 0 Å². The van der Waals surface area contributed by atoms with Crippen LogP contribution in [0.2, 0.25) is 0 Å². The van der Waals surface area contributed by atoms with Gasteiger partial charge in [0.2, 0.25) is 0 Å². The van der Waals surface area contributed by atoms with Gasteiger partial charge in [0.25, 0.3) is 0 Å². The molecule has 0 spiro atoms. The molecule has 1 fully saturated rings. The zero-order valence-corrected chi connectivity index (χ0v) is 25.1. The van der Waals surface area contributed by atoms with Crippen LogP contribution in [0.15, 0.2) is 65.6 Å². The second-order valence-corrected chi connectivity index (χ2v) is 11.7. The fraction of sp³-hybridized carbons (Fsp3) is 0.375. The van der Waals surface area contributed by atoms with Crippen LogP contribution in [0.3, 0.4) is 0 Å². The molecule has 1 N–H and O–H groups in total. The molecule has 2 heterocycles. The standard InChI is InChI=1S/C32H34F3N7O2/c1-6-42(4,5)27-16-12-24(13-17-27)38-30(43)40-29(28-18-19-37-41(28)25-14-10-23(36-3)11-15-25)21(2)39(31(40)44)26-9-7-8-22(20-26)32(33,34)35/h7-11,14-15,18-20,24,27H,6,12-13,16-17H2,1-2,4-5H3/p+1. The Morgan fingerprint density at radius 3 is 2.36 bits per heavy atom. The van der Waals surface area contributed by atoms with Crippen LogP contribution in [0.5, 0.6) is 0 Å². The van der Waals surface area contributed by atoms with Gasteiger partial charge in [0.1, 0.15) is 5.69 Å². The van der Waals surface area contributed by atoms with E-state index in [1.807, 2.05) is 0 Å². The summed E-state index contributed by atoms with van der Waals surface area (Å²) in [5, 5.41) is 7.44. The summed E-state index contributed by atoms with van der Waals surface area (Å²) in [6, 6.07) is 12.4. The Bertz CT molecular complexity index is 1770. The molecule has 0 atom stereocenters. The number of imidazole rings is 1. The van der Waals surface area contributed by atoms with E-state index in [0.717, 1.165) is 58.0 Å². The molecule has 5 rings (SSSR count). The number of hydrogen-bond acceptors (Lipinski definition) is 3. The summed E-state index contributed by atoms with van der Waals surface area (Å²) in [6.07, 6.45) is 0.245. The summed E-state index contributed by atoms with van der Waals surface area (Å²) in [7, 11) is 4.40. The first kappa shape index (κ1) is 30.8. The molecule has 0 unspecified atom stereocenters. The van der Waals surface area contributed by atoms with Gasteiger partial charge in [0.15, 0.2) is 5.69 Å². The van der Waals surface area contributed by atoms with Gasteiger partial charge in [0.05, 0.1) is 67.8 Å². The SMILES string of the molecule is [C-]#[N+]c1ccc(-n2nccc2-c2c(C)n(-c3cccc(C(F)(F)F)c3)c(=O)n2C(=O)NC2CCC([N+](C)(C)CC)CC2)cc1. The number of amides is 1. The van der Waals surface area contributed by atoms with Crippen molar-refractivity contribution >= 4 is 11.7 Å². The molecular formula is C32H35F3N7O2+. The van der Waals surface area contributed by atoms with E-state index in [9.17, 15) is 22.8 Å². The largest absolute Gasteiger partial charge is 0.416 e. The normalized spacial score (nSPS) is 17.3. The van der Waals surface area contributed by atoms with Crippen molar-refractivity contribution in [2.45, 2.75) is 57.8 Å². The van der Waals surface area contributed by atoms with Crippen molar-refractivity contribution in [3.63, 3.8) is 0 Å². The molecule has 0 bridgehead atoms. The van der Waals surface area contributed by atoms with Crippen molar-refractivity contribution in [3.8, 4) is 22.8 Å². The van der Waals surface area contributed by atoms with Gasteiger partial charge in [-0.25, -0.2) is 23.7 Å². The number of rotatable bonds is 6. The molecule has 12 heteroatoms. The van der Waals surface area contributed by atoms with E-state index in [-0.39, 0.29) is 23.1 Å². The highest BCUT2D eigenvalue weighted by Crippen LogP contribution is 2.32. The second kappa shape index (κ2) is 11.8. The van der Waals surface area contributed by atoms with Crippen LogP contribution in [-0.2, 0) is 6.18 Å². The predicted octanol–water partition coefficient (Wildman–Crippen LogP) is 6.33. The lowest BCUT2D eigenvalue weighted by molar-refractivity contribution is -0.914. The molecule has 0 aliphatic heterocycles. The molecule has 1 amide bonds. The Hall–Kier alpha value is -4.63. The zero-order valence-electron chi connectivity index (χ0n) is 25.1. The number of carbonyl (C=O) groups excluding carboxylic acids is 1. The topological polar surface area (TPSA) is 78.2 Å². The quantitative estimate of drug-likeness (QED) is 0.206. The van der Waals surface area contributed by atoms with Gasteiger partial charge < -0.3 is 9.80 Å². The Kier molecular flexibility index (Phi) is 8.27. The lowest BCUT2D eigenvalue weighted by Gasteiger charge is -2.41. The Labute approximate surface area is 253 Å². The summed E-state index contributed by atoms with van der Waals surface area (Å²) in [6.45, 7) is 12.0. The van der Waals surface area contributed by atoms with Gasteiger partial charge in [-0.3, -0.25) is 4.57 Å². The summed E-state index contributed by atoms with van der Waals surface area (Å²) < 4.78 is 45.4. The first-order chi connectivity index (χ1) is 20.9. The van der Waals surface area contributed by atoms with Crippen LogP contribution < -0.4 is 11.0 Å². The highest BCUT2D eigenvalue weighted by Gasteiger charge is 2.34. The second-order valence-electron chi connectivity index (χ2n) is 11.7. The van der Waals surface area contributed by atoms with Gasteiger partial charge in [-0.1, -0.05) is 18.2 Å². The minimum atomic E-state index is -4.61. The van der Waals surface area contributed by atoms with Crippen LogP contribution in [0.25, 0.3) is 27.6 Å². The summed E-state index contributed by atoms with van der Waals surface area (Å²) in [5.41, 5.74) is 0.172. The number of benzene rings is 2. The van der Waals surface area contributed by atoms with Crippen molar-refractivity contribution in [2.24, 2.45) is 0 Å². The maximum Gasteiger partial charge on any atom is 0.416 e. The Balaban J connectivity index is 1.60. The minimum absolute atomic E-state index is 0.0114. The lowest BCUT2D eigenvalue weighted by atomic mass is 9.89. The molecule has 1 aliphatic rings. The van der Waals surface area contributed by atoms with Gasteiger partial charge in [-0.05, 0) is 63.1 Å². The molecule has 4 aromatic rings. The Morgan fingerprint density at radius 2 is 1.75 bits per heavy atom. The number of carbonyl (C=O) groups is 1. The number of halogens is 3. The molecule has 44 heavy (non-hydrogen) atoms. The fourth-order valence-electron chi connectivity index (χ4n) is 5.99. The lowest BCUT2D eigenvalue weighted by Crippen LogP contribution is -2.52. The monoisotopic (exact) mass is 606 g/mol. The van der Waals surface area contributed by atoms with Crippen molar-refractivity contribution in [1.29, 1.82) is 0 Å². The third-order valence-electron chi connectivity index (χ3n) is 8.86. The average molecular weight is 607 g/mol. The van der Waals surface area contributed by atoms with Crippen LogP contribution in [0.1, 0.15) is 43.9 Å². The first-order valence-electron chi connectivity index (χ1n) is 14.5. The highest BCUT2D eigenvalue weighted by molar-refractivity contribution is 5.83. The molecule has 9 nitrogen and oxygen atoms in total. The fourth-order valence-corrected chi connectivity index (χ4v) is 5.99. The van der Waals surface area contributed by atoms with Crippen LogP contribution >= 0.6 is 0 Å². The van der Waals surface area contributed by atoms with Crippen LogP contribution in [0.4, 0.5) is 23.7 Å². The molecule has 0 saturated heterocycles. The zero-order chi connectivity index (χ0) is 31.8. The Morgan fingerprint density at radius 1 is 1.07 bits per heavy atom. The molecule has 1 saturated carbocycles. The minimum Gasteiger partial charge on any atom is -0.335 e. The van der Waals surface area contributed by atoms with Crippen molar-refractivity contribution in [1.82, 2.24) is 24.2 Å². The molecular weight excluding hydrogens is 571 g/mol. The van der Waals surface area contributed by atoms with Crippen LogP contribution in [-0.4, -0.2) is 62.2 Å². The van der Waals surface area contributed by atoms with Crippen molar-refractivity contribution < 1.29 is 22.4 Å². The maximum absolute atomic E-state index is 14.0. The van der Waals surface area contributed by atoms with E-state index < -0.39 is 23.5 Å². The van der Waals surface area contributed by atoms with Crippen LogP contribution in [0, 0.1) is 13.5 Å². The number of alkyl halides is 3. The van der Waals surface area contributed by atoms with Gasteiger partial charge in [0, 0.05) is 18.9 Å². The molecule has 0 radical (unpaired) electrons. The molecule has 2 aromatic carbocycles. The van der Waals surface area contributed by atoms with E-state index in [2.05, 4.69) is 36.3 Å². The summed E-state index contributed by atoms with van der Waals surface area (Å²) in [4.78, 5) is 31.4. The predicted molar refractivity (Wildman–Crippen MR) is 161 cm³/mol. The number of nitrogens with zero attached hydrogens (tertiary/aromatic N) is 6. The number of hydrogen-bond donors (Lipinski definition) is 1. The molecule has 2 aromatic heterocycles. The molecule has 230 valence electrons. The summed E-state index contributed by atoms with van der Waals surface area (Å²) in [5.74, 6) is 0. The number of nitrogens with one attached hydrogen (secondary N) is 1. The van der Waals surface area contributed by atoms with Gasteiger partial charge >= 0.3 is 17.9 Å². The van der Waals surface area contributed by atoms with E-state index in [0.29, 0.717) is 23.1 Å². The number of aromatic nitrogens is 4. The average Bonchev–Trinajstić information content (AvgIpc) is 3.58. The first-order valence-corrected chi connectivity index (χ1v) is 14.5. The smallest absolute Gasteiger partial charge is 0.335 e. The van der Waals surface area contributed by atoms with E-state index >= 15 is 0 Å². The molecule has 1 aliphatic carbocycles. The number of quaternary nitrogens is 1. The summed E-state index contributed by atoms with van der Waals surface area (Å²) >= 11 is 0. The van der Waals surface area contributed by atoms with Gasteiger partial charge in [-0.2, -0.15) is 18.3 Å². The van der Waals surface area contributed by atoms with E-state index in [4.69, 9.17) is 6.57 Å². The van der Waals surface area contributed by atoms with Crippen molar-refractivity contribution in [2.75, 3.05) is 20.6 Å². The van der Waals surface area contributed by atoms with E-state index in [1.54, 1.807) is 37.3 Å².